The highest BCUT2D eigenvalue weighted by Gasteiger charge is 2.08. The molecule has 0 unspecified atom stereocenters. The second-order valence-corrected chi connectivity index (χ2v) is 8.03. The number of amides is 2. The molecule has 0 atom stereocenters. The monoisotopic (exact) mass is 444 g/mol. The average molecular weight is 445 g/mol. The van der Waals surface area contributed by atoms with Crippen LogP contribution in [0.3, 0.4) is 0 Å². The van der Waals surface area contributed by atoms with Gasteiger partial charge in [-0.3, -0.25) is 9.59 Å². The molecule has 33 heavy (non-hydrogen) atoms. The Kier molecular flexibility index (Phi) is 9.52. The molecule has 0 aromatic heterocycles. The zero-order chi connectivity index (χ0) is 23.3. The summed E-state index contributed by atoms with van der Waals surface area (Å²) in [5, 5.41) is 5.76. The summed E-state index contributed by atoms with van der Waals surface area (Å²) in [4.78, 5) is 24.9. The maximum Gasteiger partial charge on any atom is 0.255 e. The van der Waals surface area contributed by atoms with Crippen molar-refractivity contribution in [1.82, 2.24) is 0 Å². The van der Waals surface area contributed by atoms with E-state index < -0.39 is 0 Å². The van der Waals surface area contributed by atoms with Crippen molar-refractivity contribution in [3.8, 4) is 5.75 Å². The molecular weight excluding hydrogens is 412 g/mol. The zero-order valence-electron chi connectivity index (χ0n) is 19.2. The van der Waals surface area contributed by atoms with Crippen LogP contribution in [0.15, 0.2) is 78.9 Å². The molecule has 5 heteroatoms. The zero-order valence-corrected chi connectivity index (χ0v) is 19.2. The van der Waals surface area contributed by atoms with Crippen LogP contribution in [0.4, 0.5) is 11.4 Å². The molecule has 0 aliphatic rings. The predicted molar refractivity (Wildman–Crippen MR) is 134 cm³/mol. The van der Waals surface area contributed by atoms with E-state index in [1.807, 2.05) is 42.5 Å². The number of hydrogen-bond donors (Lipinski definition) is 2. The van der Waals surface area contributed by atoms with Gasteiger partial charge in [-0.2, -0.15) is 0 Å². The Labute approximate surface area is 196 Å². The van der Waals surface area contributed by atoms with Gasteiger partial charge < -0.3 is 15.4 Å². The molecule has 0 heterocycles. The summed E-state index contributed by atoms with van der Waals surface area (Å²) >= 11 is 0. The quantitative estimate of drug-likeness (QED) is 0.315. The molecule has 3 aromatic carbocycles. The minimum absolute atomic E-state index is 0.106. The van der Waals surface area contributed by atoms with Gasteiger partial charge in [0.2, 0.25) is 5.91 Å². The highest BCUT2D eigenvalue weighted by molar-refractivity contribution is 6.04. The SMILES string of the molecule is CCCCCCCOc1ccc(C(=O)Nc2cccc(NC(=O)Cc3ccccc3)c2)cc1. The molecule has 3 rings (SSSR count). The lowest BCUT2D eigenvalue weighted by molar-refractivity contribution is -0.115. The summed E-state index contributed by atoms with van der Waals surface area (Å²) in [6, 6.07) is 23.9. The third kappa shape index (κ3) is 8.45. The minimum Gasteiger partial charge on any atom is -0.494 e. The normalized spacial score (nSPS) is 10.5. The summed E-state index contributed by atoms with van der Waals surface area (Å²) in [7, 11) is 0. The molecule has 0 bridgehead atoms. The summed E-state index contributed by atoms with van der Waals surface area (Å²) < 4.78 is 5.76. The van der Waals surface area contributed by atoms with Crippen molar-refractivity contribution in [2.75, 3.05) is 17.2 Å². The fraction of sp³-hybridized carbons (Fsp3) is 0.286. The van der Waals surface area contributed by atoms with E-state index >= 15 is 0 Å². The van der Waals surface area contributed by atoms with Gasteiger partial charge >= 0.3 is 0 Å². The first-order chi connectivity index (χ1) is 16.1. The number of unbranched alkanes of at least 4 members (excludes halogenated alkanes) is 4. The van der Waals surface area contributed by atoms with E-state index in [2.05, 4.69) is 17.6 Å². The van der Waals surface area contributed by atoms with Crippen LogP contribution in [0.1, 0.15) is 54.9 Å². The molecular formula is C28H32N2O3. The van der Waals surface area contributed by atoms with E-state index in [4.69, 9.17) is 4.74 Å². The van der Waals surface area contributed by atoms with Gasteiger partial charge in [-0.25, -0.2) is 0 Å². The first kappa shape index (κ1) is 24.1. The number of rotatable bonds is 12. The topological polar surface area (TPSA) is 67.4 Å². The largest absolute Gasteiger partial charge is 0.494 e. The fourth-order valence-corrected chi connectivity index (χ4v) is 3.46. The molecule has 3 aromatic rings. The molecule has 2 amide bonds. The second kappa shape index (κ2) is 13.1. The predicted octanol–water partition coefficient (Wildman–Crippen LogP) is 6.47. The van der Waals surface area contributed by atoms with Gasteiger partial charge in [0.1, 0.15) is 5.75 Å². The van der Waals surface area contributed by atoms with Crippen LogP contribution in [0.5, 0.6) is 5.75 Å². The Morgan fingerprint density at radius 1 is 0.758 bits per heavy atom. The minimum atomic E-state index is -0.214. The van der Waals surface area contributed by atoms with Crippen molar-refractivity contribution in [2.24, 2.45) is 0 Å². The van der Waals surface area contributed by atoms with Gasteiger partial charge in [0.15, 0.2) is 0 Å². The Hall–Kier alpha value is -3.60. The van der Waals surface area contributed by atoms with Gasteiger partial charge in [-0.15, -0.1) is 0 Å². The van der Waals surface area contributed by atoms with Gasteiger partial charge in [-0.05, 0) is 54.4 Å². The number of ether oxygens (including phenoxy) is 1. The molecule has 0 aliphatic carbocycles. The summed E-state index contributed by atoms with van der Waals surface area (Å²) in [6.07, 6.45) is 6.27. The first-order valence-electron chi connectivity index (χ1n) is 11.6. The molecule has 5 nitrogen and oxygen atoms in total. The van der Waals surface area contributed by atoms with Crippen molar-refractivity contribution in [1.29, 1.82) is 0 Å². The van der Waals surface area contributed by atoms with Gasteiger partial charge in [0.25, 0.3) is 5.91 Å². The fourth-order valence-electron chi connectivity index (χ4n) is 3.46. The molecule has 172 valence electrons. The summed E-state index contributed by atoms with van der Waals surface area (Å²) in [5.41, 5.74) is 2.74. The van der Waals surface area contributed by atoms with Crippen LogP contribution in [0.2, 0.25) is 0 Å². The second-order valence-electron chi connectivity index (χ2n) is 8.03. The smallest absolute Gasteiger partial charge is 0.255 e. The maximum absolute atomic E-state index is 12.6. The number of hydrogen-bond acceptors (Lipinski definition) is 3. The Balaban J connectivity index is 1.48. The van der Waals surface area contributed by atoms with Gasteiger partial charge in [-0.1, -0.05) is 69.0 Å². The van der Waals surface area contributed by atoms with E-state index in [0.29, 0.717) is 30.0 Å². The van der Waals surface area contributed by atoms with Crippen LogP contribution in [-0.4, -0.2) is 18.4 Å². The highest BCUT2D eigenvalue weighted by atomic mass is 16.5. The van der Waals surface area contributed by atoms with Crippen molar-refractivity contribution in [3.63, 3.8) is 0 Å². The van der Waals surface area contributed by atoms with Crippen LogP contribution in [-0.2, 0) is 11.2 Å². The number of benzene rings is 3. The lowest BCUT2D eigenvalue weighted by Crippen LogP contribution is -2.15. The van der Waals surface area contributed by atoms with Crippen LogP contribution < -0.4 is 15.4 Å². The molecule has 0 aliphatic heterocycles. The standard InChI is InChI=1S/C28H32N2O3/c1-2-3-4-5-9-19-33-26-17-15-23(16-18-26)28(32)30-25-14-10-13-24(21-25)29-27(31)20-22-11-7-6-8-12-22/h6-8,10-18,21H,2-5,9,19-20H2,1H3,(H,29,31)(H,30,32). The lowest BCUT2D eigenvalue weighted by atomic mass is 10.1. The van der Waals surface area contributed by atoms with E-state index in [0.717, 1.165) is 17.7 Å². The Bertz CT molecular complexity index is 1020. The first-order valence-corrected chi connectivity index (χ1v) is 11.6. The molecule has 0 spiro atoms. The number of carbonyl (C=O) groups is 2. The van der Waals surface area contributed by atoms with E-state index in [9.17, 15) is 9.59 Å². The van der Waals surface area contributed by atoms with Gasteiger partial charge in [0.05, 0.1) is 13.0 Å². The molecule has 0 saturated heterocycles. The van der Waals surface area contributed by atoms with E-state index in [1.54, 1.807) is 36.4 Å². The molecule has 0 radical (unpaired) electrons. The Morgan fingerprint density at radius 2 is 1.45 bits per heavy atom. The van der Waals surface area contributed by atoms with E-state index in [-0.39, 0.29) is 11.8 Å². The highest BCUT2D eigenvalue weighted by Crippen LogP contribution is 2.18. The van der Waals surface area contributed by atoms with Crippen LogP contribution in [0, 0.1) is 0 Å². The van der Waals surface area contributed by atoms with Gasteiger partial charge in [0, 0.05) is 16.9 Å². The summed E-state index contributed by atoms with van der Waals surface area (Å²) in [6.45, 7) is 2.90. The third-order valence-corrected chi connectivity index (χ3v) is 5.24. The number of nitrogens with one attached hydrogen (secondary N) is 2. The van der Waals surface area contributed by atoms with Crippen molar-refractivity contribution in [2.45, 2.75) is 45.4 Å². The Morgan fingerprint density at radius 3 is 2.18 bits per heavy atom. The van der Waals surface area contributed by atoms with Crippen LogP contribution in [0.25, 0.3) is 0 Å². The van der Waals surface area contributed by atoms with E-state index in [1.165, 1.54) is 25.7 Å². The molecule has 0 fully saturated rings. The van der Waals surface area contributed by atoms with Crippen LogP contribution >= 0.6 is 0 Å². The maximum atomic E-state index is 12.6. The average Bonchev–Trinajstić information content (AvgIpc) is 2.82. The lowest BCUT2D eigenvalue weighted by Gasteiger charge is -2.10. The molecule has 2 N–H and O–H groups in total. The van der Waals surface area contributed by atoms with Crippen molar-refractivity contribution in [3.05, 3.63) is 90.0 Å². The number of carbonyl (C=O) groups excluding carboxylic acids is 2. The number of anilines is 2. The van der Waals surface area contributed by atoms with Crippen molar-refractivity contribution < 1.29 is 14.3 Å². The third-order valence-electron chi connectivity index (χ3n) is 5.24. The summed E-state index contributed by atoms with van der Waals surface area (Å²) in [5.74, 6) is 0.449. The van der Waals surface area contributed by atoms with Crippen molar-refractivity contribution >= 4 is 23.2 Å². The molecule has 0 saturated carbocycles.